The zero-order valence-electron chi connectivity index (χ0n) is 9.98. The van der Waals surface area contributed by atoms with E-state index < -0.39 is 5.82 Å². The van der Waals surface area contributed by atoms with Crippen LogP contribution in [0.1, 0.15) is 16.7 Å². The average Bonchev–Trinajstić information content (AvgIpc) is 2.38. The van der Waals surface area contributed by atoms with Crippen LogP contribution < -0.4 is 4.74 Å². The molecule has 0 radical (unpaired) electrons. The van der Waals surface area contributed by atoms with Gasteiger partial charge in [0.15, 0.2) is 0 Å². The Morgan fingerprint density at radius 1 is 1.22 bits per heavy atom. The molecule has 90 valence electrons. The third kappa shape index (κ3) is 2.86. The van der Waals surface area contributed by atoms with Crippen molar-refractivity contribution in [1.82, 2.24) is 0 Å². The minimum absolute atomic E-state index is 0.0420. The Balaban J connectivity index is 2.09. The Kier molecular flexibility index (Phi) is 3.59. The summed E-state index contributed by atoms with van der Waals surface area (Å²) in [7, 11) is 0. The van der Waals surface area contributed by atoms with Gasteiger partial charge in [-0.2, -0.15) is 5.26 Å². The molecule has 0 aliphatic carbocycles. The van der Waals surface area contributed by atoms with E-state index >= 15 is 0 Å². The summed E-state index contributed by atoms with van der Waals surface area (Å²) in [5, 5.41) is 8.73. The van der Waals surface area contributed by atoms with E-state index in [-0.39, 0.29) is 5.56 Å². The molecule has 0 aliphatic rings. The summed E-state index contributed by atoms with van der Waals surface area (Å²) in [6.07, 6.45) is 0. The van der Waals surface area contributed by atoms with Crippen LogP contribution in [0.15, 0.2) is 42.5 Å². The Morgan fingerprint density at radius 2 is 2.06 bits per heavy atom. The van der Waals surface area contributed by atoms with Crippen molar-refractivity contribution in [2.24, 2.45) is 0 Å². The lowest BCUT2D eigenvalue weighted by Gasteiger charge is -2.07. The Hall–Kier alpha value is -2.34. The Bertz CT molecular complexity index is 602. The third-order valence-electron chi connectivity index (χ3n) is 2.55. The molecule has 0 aromatic heterocycles. The first kappa shape index (κ1) is 12.1. The number of rotatable bonds is 3. The van der Waals surface area contributed by atoms with Crippen molar-refractivity contribution in [2.45, 2.75) is 13.5 Å². The molecule has 0 saturated carbocycles. The number of nitriles is 1. The third-order valence-corrected chi connectivity index (χ3v) is 2.55. The lowest BCUT2D eigenvalue weighted by atomic mass is 10.1. The molecule has 2 nitrogen and oxygen atoms in total. The van der Waals surface area contributed by atoms with Crippen molar-refractivity contribution in [2.75, 3.05) is 0 Å². The second-order valence-electron chi connectivity index (χ2n) is 4.03. The molecule has 0 spiro atoms. The number of halogens is 1. The number of hydrogen-bond acceptors (Lipinski definition) is 2. The fourth-order valence-corrected chi connectivity index (χ4v) is 1.62. The zero-order valence-corrected chi connectivity index (χ0v) is 9.98. The second-order valence-corrected chi connectivity index (χ2v) is 4.03. The van der Waals surface area contributed by atoms with Gasteiger partial charge in [0.05, 0.1) is 5.56 Å². The van der Waals surface area contributed by atoms with Crippen molar-refractivity contribution >= 4 is 0 Å². The largest absolute Gasteiger partial charge is 0.489 e. The van der Waals surface area contributed by atoms with E-state index in [1.54, 1.807) is 6.07 Å². The Labute approximate surface area is 105 Å². The topological polar surface area (TPSA) is 33.0 Å². The van der Waals surface area contributed by atoms with Gasteiger partial charge in [0, 0.05) is 0 Å². The van der Waals surface area contributed by atoms with Gasteiger partial charge >= 0.3 is 0 Å². The summed E-state index contributed by atoms with van der Waals surface area (Å²) in [6, 6.07) is 13.9. The van der Waals surface area contributed by atoms with E-state index in [2.05, 4.69) is 0 Å². The van der Waals surface area contributed by atoms with Crippen molar-refractivity contribution in [3.63, 3.8) is 0 Å². The van der Waals surface area contributed by atoms with Crippen molar-refractivity contribution in [3.05, 3.63) is 65.0 Å². The molecule has 0 atom stereocenters. The highest BCUT2D eigenvalue weighted by Gasteiger charge is 2.03. The minimum atomic E-state index is -0.503. The molecule has 0 fully saturated rings. The quantitative estimate of drug-likeness (QED) is 0.822. The first-order chi connectivity index (χ1) is 8.69. The first-order valence-corrected chi connectivity index (χ1v) is 5.57. The maximum absolute atomic E-state index is 13.1. The van der Waals surface area contributed by atoms with E-state index in [0.717, 1.165) is 16.9 Å². The predicted octanol–water partition coefficient (Wildman–Crippen LogP) is 3.58. The van der Waals surface area contributed by atoms with Crippen molar-refractivity contribution in [3.8, 4) is 11.8 Å². The van der Waals surface area contributed by atoms with E-state index in [9.17, 15) is 4.39 Å². The van der Waals surface area contributed by atoms with Gasteiger partial charge in [-0.05, 0) is 42.3 Å². The Morgan fingerprint density at radius 3 is 2.78 bits per heavy atom. The number of aryl methyl sites for hydroxylation is 1. The van der Waals surface area contributed by atoms with E-state index in [1.807, 2.05) is 37.3 Å². The van der Waals surface area contributed by atoms with Gasteiger partial charge in [0.25, 0.3) is 0 Å². The number of nitrogens with zero attached hydrogens (tertiary/aromatic N) is 1. The fraction of sp³-hybridized carbons (Fsp3) is 0.133. The van der Waals surface area contributed by atoms with Crippen LogP contribution in [0.5, 0.6) is 5.75 Å². The lowest BCUT2D eigenvalue weighted by Crippen LogP contribution is -1.97. The highest BCUT2D eigenvalue weighted by Crippen LogP contribution is 2.16. The van der Waals surface area contributed by atoms with Gasteiger partial charge in [0.1, 0.15) is 24.2 Å². The smallest absolute Gasteiger partial charge is 0.140 e. The van der Waals surface area contributed by atoms with Crippen molar-refractivity contribution < 1.29 is 9.13 Å². The van der Waals surface area contributed by atoms with Gasteiger partial charge in [-0.15, -0.1) is 0 Å². The maximum atomic E-state index is 13.1. The minimum Gasteiger partial charge on any atom is -0.489 e. The van der Waals surface area contributed by atoms with Crippen LogP contribution in [-0.4, -0.2) is 0 Å². The monoisotopic (exact) mass is 241 g/mol. The molecule has 2 rings (SSSR count). The second kappa shape index (κ2) is 5.33. The molecule has 2 aromatic carbocycles. The highest BCUT2D eigenvalue weighted by atomic mass is 19.1. The zero-order chi connectivity index (χ0) is 13.0. The number of hydrogen-bond donors (Lipinski definition) is 0. The fourth-order valence-electron chi connectivity index (χ4n) is 1.62. The van der Waals surface area contributed by atoms with Crippen LogP contribution in [0.25, 0.3) is 0 Å². The predicted molar refractivity (Wildman–Crippen MR) is 66.6 cm³/mol. The summed E-state index contributed by atoms with van der Waals surface area (Å²) in [4.78, 5) is 0. The molecule has 0 amide bonds. The molecular weight excluding hydrogens is 229 g/mol. The van der Waals surface area contributed by atoms with Crippen LogP contribution in [0, 0.1) is 24.1 Å². The normalized spacial score (nSPS) is 9.83. The number of benzene rings is 2. The summed E-state index contributed by atoms with van der Waals surface area (Å²) in [6.45, 7) is 2.30. The summed E-state index contributed by atoms with van der Waals surface area (Å²) < 4.78 is 18.7. The van der Waals surface area contributed by atoms with Crippen LogP contribution >= 0.6 is 0 Å². The van der Waals surface area contributed by atoms with Crippen LogP contribution in [0.2, 0.25) is 0 Å². The average molecular weight is 241 g/mol. The molecule has 2 aromatic rings. The van der Waals surface area contributed by atoms with Gasteiger partial charge in [-0.1, -0.05) is 18.2 Å². The molecule has 0 aliphatic heterocycles. The summed E-state index contributed by atoms with van der Waals surface area (Å²) in [5.74, 6) is 0.259. The molecule has 0 saturated heterocycles. The molecule has 3 heteroatoms. The molecule has 0 N–H and O–H groups in total. The van der Waals surface area contributed by atoms with Gasteiger partial charge in [-0.25, -0.2) is 4.39 Å². The molecule has 0 bridgehead atoms. The number of ether oxygens (including phenoxy) is 1. The standard InChI is InChI=1S/C15H12FNO/c1-11-3-2-4-14(7-11)18-10-12-5-6-15(16)13(8-12)9-17/h2-8H,10H2,1H3. The molecule has 18 heavy (non-hydrogen) atoms. The van der Waals surface area contributed by atoms with E-state index in [0.29, 0.717) is 6.61 Å². The maximum Gasteiger partial charge on any atom is 0.140 e. The van der Waals surface area contributed by atoms with E-state index in [1.165, 1.54) is 12.1 Å². The lowest BCUT2D eigenvalue weighted by molar-refractivity contribution is 0.306. The molecular formula is C15H12FNO. The van der Waals surface area contributed by atoms with Crippen LogP contribution in [0.3, 0.4) is 0 Å². The van der Waals surface area contributed by atoms with E-state index in [4.69, 9.17) is 10.00 Å². The van der Waals surface area contributed by atoms with Gasteiger partial charge in [-0.3, -0.25) is 0 Å². The van der Waals surface area contributed by atoms with Crippen LogP contribution in [0.4, 0.5) is 4.39 Å². The first-order valence-electron chi connectivity index (χ1n) is 5.57. The van der Waals surface area contributed by atoms with Crippen LogP contribution in [-0.2, 0) is 6.61 Å². The summed E-state index contributed by atoms with van der Waals surface area (Å²) >= 11 is 0. The van der Waals surface area contributed by atoms with Gasteiger partial charge < -0.3 is 4.74 Å². The molecule has 0 unspecified atom stereocenters. The van der Waals surface area contributed by atoms with Crippen molar-refractivity contribution in [1.29, 1.82) is 5.26 Å². The SMILES string of the molecule is Cc1cccc(OCc2ccc(F)c(C#N)c2)c1. The van der Waals surface area contributed by atoms with Gasteiger partial charge in [0.2, 0.25) is 0 Å². The highest BCUT2D eigenvalue weighted by molar-refractivity contribution is 5.34. The molecule has 0 heterocycles. The summed E-state index contributed by atoms with van der Waals surface area (Å²) in [5.41, 5.74) is 1.93.